The van der Waals surface area contributed by atoms with Crippen LogP contribution in [0.1, 0.15) is 335 Å². The Hall–Kier alpha value is -2.81. The minimum absolute atomic E-state index is 0.0524. The van der Waals surface area contributed by atoms with Crippen molar-refractivity contribution in [1.29, 1.82) is 0 Å². The first-order valence-electron chi connectivity index (χ1n) is 35.1. The summed E-state index contributed by atoms with van der Waals surface area (Å²) in [5.41, 5.74) is 5.40. The summed E-state index contributed by atoms with van der Waals surface area (Å²) < 4.78 is 33.2. The van der Waals surface area contributed by atoms with E-state index in [0.717, 1.165) is 83.5 Å². The maximum atomic E-state index is 12.8. The van der Waals surface area contributed by atoms with Crippen molar-refractivity contribution in [3.63, 3.8) is 0 Å². The van der Waals surface area contributed by atoms with E-state index in [1.807, 2.05) is 0 Å². The fraction of sp³-hybridized carbons (Fsp3) is 0.781. The highest BCUT2D eigenvalue weighted by atomic mass is 31.2. The Labute approximate surface area is 513 Å². The molecule has 2 atom stereocenters. The minimum atomic E-state index is -4.40. The molecule has 0 aliphatic carbocycles. The number of nitrogens with two attached hydrogens (primary N) is 1. The highest BCUT2D eigenvalue weighted by molar-refractivity contribution is 7.47. The molecule has 0 spiro atoms. The van der Waals surface area contributed by atoms with Crippen molar-refractivity contribution in [1.82, 2.24) is 0 Å². The molecule has 9 nitrogen and oxygen atoms in total. The van der Waals surface area contributed by atoms with Crippen LogP contribution in [0.2, 0.25) is 0 Å². The van der Waals surface area contributed by atoms with Gasteiger partial charge >= 0.3 is 19.8 Å². The van der Waals surface area contributed by atoms with E-state index in [4.69, 9.17) is 24.3 Å². The van der Waals surface area contributed by atoms with Crippen molar-refractivity contribution in [2.45, 2.75) is 341 Å². The van der Waals surface area contributed by atoms with Crippen LogP contribution in [0.4, 0.5) is 0 Å². The Morgan fingerprint density at radius 2 is 0.663 bits per heavy atom. The van der Waals surface area contributed by atoms with E-state index in [2.05, 4.69) is 98.9 Å². The fourth-order valence-electron chi connectivity index (χ4n) is 10.2. The van der Waals surface area contributed by atoms with E-state index in [9.17, 15) is 19.0 Å². The quantitative estimate of drug-likeness (QED) is 0.0264. The second-order valence-electron chi connectivity index (χ2n) is 23.4. The lowest BCUT2D eigenvalue weighted by molar-refractivity contribution is -0.161. The predicted molar refractivity (Wildman–Crippen MR) is 358 cm³/mol. The van der Waals surface area contributed by atoms with Gasteiger partial charge < -0.3 is 20.1 Å². The van der Waals surface area contributed by atoms with Gasteiger partial charge in [0.15, 0.2) is 6.10 Å². The smallest absolute Gasteiger partial charge is 0.462 e. The largest absolute Gasteiger partial charge is 0.472 e. The van der Waals surface area contributed by atoms with Gasteiger partial charge in [0, 0.05) is 19.4 Å². The maximum absolute atomic E-state index is 12.8. The molecule has 0 aromatic heterocycles. The summed E-state index contributed by atoms with van der Waals surface area (Å²) in [7, 11) is -4.40. The van der Waals surface area contributed by atoms with Crippen LogP contribution >= 0.6 is 7.82 Å². The van der Waals surface area contributed by atoms with Gasteiger partial charge in [-0.05, 0) is 70.6 Å². The number of hydrogen-bond donors (Lipinski definition) is 2. The third-order valence-electron chi connectivity index (χ3n) is 15.3. The molecule has 0 rings (SSSR count). The second-order valence-corrected chi connectivity index (χ2v) is 24.8. The van der Waals surface area contributed by atoms with E-state index in [0.29, 0.717) is 6.42 Å². The first-order valence-corrected chi connectivity index (χ1v) is 36.6. The number of allylic oxidation sites excluding steroid dienone is 14. The molecule has 83 heavy (non-hydrogen) atoms. The summed E-state index contributed by atoms with van der Waals surface area (Å²) in [4.78, 5) is 35.4. The van der Waals surface area contributed by atoms with Crippen molar-refractivity contribution < 1.29 is 37.6 Å². The predicted octanol–water partition coefficient (Wildman–Crippen LogP) is 23.0. The first kappa shape index (κ1) is 80.2. The molecule has 0 aliphatic heterocycles. The van der Waals surface area contributed by atoms with Crippen LogP contribution in [0, 0.1) is 0 Å². The van der Waals surface area contributed by atoms with E-state index in [1.54, 1.807) is 0 Å². The van der Waals surface area contributed by atoms with Crippen molar-refractivity contribution >= 4 is 19.8 Å². The third kappa shape index (κ3) is 68.2. The molecule has 0 saturated carbocycles. The average Bonchev–Trinajstić information content (AvgIpc) is 3.48. The topological polar surface area (TPSA) is 134 Å². The number of ether oxygens (including phenoxy) is 2. The van der Waals surface area contributed by atoms with Crippen LogP contribution in [0.15, 0.2) is 85.1 Å². The Morgan fingerprint density at radius 1 is 0.373 bits per heavy atom. The van der Waals surface area contributed by atoms with E-state index in [1.165, 1.54) is 218 Å². The van der Waals surface area contributed by atoms with E-state index < -0.39 is 26.5 Å². The van der Waals surface area contributed by atoms with Gasteiger partial charge in [-0.15, -0.1) is 0 Å². The Kier molecular flexibility index (Phi) is 66.0. The van der Waals surface area contributed by atoms with Crippen molar-refractivity contribution in [2.24, 2.45) is 5.73 Å². The molecule has 10 heteroatoms. The second kappa shape index (κ2) is 68.3. The van der Waals surface area contributed by atoms with Gasteiger partial charge in [-0.3, -0.25) is 18.6 Å². The summed E-state index contributed by atoms with van der Waals surface area (Å²) in [6, 6.07) is 0. The molecule has 0 bridgehead atoms. The lowest BCUT2D eigenvalue weighted by atomic mass is 10.0. The molecule has 3 N–H and O–H groups in total. The average molecular weight is 1180 g/mol. The van der Waals surface area contributed by atoms with Crippen LogP contribution in [0.25, 0.3) is 0 Å². The van der Waals surface area contributed by atoms with Gasteiger partial charge in [-0.2, -0.15) is 0 Å². The summed E-state index contributed by atoms with van der Waals surface area (Å²) >= 11 is 0. The lowest BCUT2D eigenvalue weighted by Gasteiger charge is -2.19. The van der Waals surface area contributed by atoms with E-state index >= 15 is 0 Å². The molecule has 0 aromatic carbocycles. The standard InChI is InChI=1S/C73H132NO8P/c1-3-5-7-9-11-13-15-17-19-21-23-25-27-29-31-32-33-34-35-36-37-38-40-42-44-46-48-50-52-54-56-58-60-62-64-66-73(76)82-71(70-81-83(77,78)80-68-67-74)69-79-72(75)65-63-61-59-57-55-53-51-49-47-45-43-41-39-30-28-26-24-22-20-18-16-14-12-10-8-6-4-2/h5,7,11,13,17,19,23,25,29,31,33-34,36-37,71H,3-4,6,8-10,12,14-16,18,20-22,24,26-28,30,32,35,38-70,74H2,1-2H3,(H,77,78)/b7-5-,13-11-,19-17-,25-23-,31-29-,34-33-,37-36-. The van der Waals surface area contributed by atoms with Gasteiger partial charge in [0.25, 0.3) is 0 Å². The van der Waals surface area contributed by atoms with Crippen LogP contribution < -0.4 is 5.73 Å². The Balaban J connectivity index is 3.88. The van der Waals surface area contributed by atoms with Gasteiger partial charge in [-0.1, -0.05) is 336 Å². The summed E-state index contributed by atoms with van der Waals surface area (Å²) in [5.74, 6) is -0.815. The number of carbonyl (C=O) groups is 2. The zero-order valence-corrected chi connectivity index (χ0v) is 55.1. The minimum Gasteiger partial charge on any atom is -0.462 e. The Bertz CT molecular complexity index is 1640. The molecule has 2 unspecified atom stereocenters. The summed E-state index contributed by atoms with van der Waals surface area (Å²) in [6.07, 6.45) is 91.0. The van der Waals surface area contributed by atoms with Gasteiger partial charge in [0.1, 0.15) is 6.61 Å². The zero-order valence-electron chi connectivity index (χ0n) is 54.2. The van der Waals surface area contributed by atoms with Crippen LogP contribution in [-0.2, 0) is 32.7 Å². The van der Waals surface area contributed by atoms with Crippen LogP contribution in [-0.4, -0.2) is 49.3 Å². The van der Waals surface area contributed by atoms with Crippen molar-refractivity contribution in [2.75, 3.05) is 26.4 Å². The third-order valence-corrected chi connectivity index (χ3v) is 16.3. The zero-order chi connectivity index (χ0) is 60.1. The Morgan fingerprint density at radius 3 is 0.988 bits per heavy atom. The fourth-order valence-corrected chi connectivity index (χ4v) is 10.9. The van der Waals surface area contributed by atoms with Crippen LogP contribution in [0.5, 0.6) is 0 Å². The highest BCUT2D eigenvalue weighted by Gasteiger charge is 2.26. The number of hydrogen-bond acceptors (Lipinski definition) is 8. The normalized spacial score (nSPS) is 13.4. The molecule has 0 amide bonds. The number of esters is 2. The molecular formula is C73H132NO8P. The molecule has 0 saturated heterocycles. The van der Waals surface area contributed by atoms with Gasteiger partial charge in [0.2, 0.25) is 0 Å². The number of carbonyl (C=O) groups excluding carboxylic acids is 2. The molecule has 0 radical (unpaired) electrons. The molecule has 0 heterocycles. The highest BCUT2D eigenvalue weighted by Crippen LogP contribution is 2.43. The maximum Gasteiger partial charge on any atom is 0.472 e. The molecule has 482 valence electrons. The molecule has 0 aliphatic rings. The van der Waals surface area contributed by atoms with E-state index in [-0.39, 0.29) is 38.6 Å². The van der Waals surface area contributed by atoms with Gasteiger partial charge in [0.05, 0.1) is 13.2 Å². The van der Waals surface area contributed by atoms with Crippen molar-refractivity contribution in [3.05, 3.63) is 85.1 Å². The monoisotopic (exact) mass is 1180 g/mol. The molecule has 0 fully saturated rings. The van der Waals surface area contributed by atoms with Crippen LogP contribution in [0.3, 0.4) is 0 Å². The summed E-state index contributed by atoms with van der Waals surface area (Å²) in [6.45, 7) is 3.68. The SMILES string of the molecule is CC/C=C\C/C=C\C/C=C\C/C=C\C/C=C\C/C=C\C/C=C\CCCCCCCCCCCCCCCC(=O)OC(COC(=O)CCCCCCCCCCCCCCCCCCCCCCCCCCCCC)COP(=O)(O)OCCN. The van der Waals surface area contributed by atoms with Crippen molar-refractivity contribution in [3.8, 4) is 0 Å². The number of phosphoric acid groups is 1. The lowest BCUT2D eigenvalue weighted by Crippen LogP contribution is -2.29. The number of unbranched alkanes of at least 4 members (excludes halogenated alkanes) is 39. The number of phosphoric ester groups is 1. The molecule has 0 aromatic rings. The number of rotatable bonds is 66. The summed E-state index contributed by atoms with van der Waals surface area (Å²) in [5, 5.41) is 0. The van der Waals surface area contributed by atoms with Gasteiger partial charge in [-0.25, -0.2) is 4.57 Å². The molecular weight excluding hydrogens is 1050 g/mol. The first-order chi connectivity index (χ1) is 40.8.